The highest BCUT2D eigenvalue weighted by atomic mass is 16.6. The summed E-state index contributed by atoms with van der Waals surface area (Å²) in [7, 11) is 0. The number of hydrogen-bond acceptors (Lipinski definition) is 9. The summed E-state index contributed by atoms with van der Waals surface area (Å²) in [4.78, 5) is 33.5. The molecule has 1 aromatic carbocycles. The molecule has 10 heteroatoms. The van der Waals surface area contributed by atoms with Gasteiger partial charge < -0.3 is 14.5 Å². The second-order valence-electron chi connectivity index (χ2n) is 9.06. The van der Waals surface area contributed by atoms with E-state index in [9.17, 15) is 9.59 Å². The summed E-state index contributed by atoms with van der Waals surface area (Å²) in [6.45, 7) is 6.78. The van der Waals surface area contributed by atoms with Crippen LogP contribution < -0.4 is 0 Å². The summed E-state index contributed by atoms with van der Waals surface area (Å²) in [6.07, 6.45) is 1.64. The zero-order chi connectivity index (χ0) is 22.7. The van der Waals surface area contributed by atoms with Gasteiger partial charge >= 0.3 is 5.97 Å². The summed E-state index contributed by atoms with van der Waals surface area (Å²) < 4.78 is 5.27. The minimum Gasteiger partial charge on any atom is -0.459 e. The van der Waals surface area contributed by atoms with Gasteiger partial charge in [-0.15, -0.1) is 10.2 Å². The Labute approximate surface area is 186 Å². The van der Waals surface area contributed by atoms with Crippen LogP contribution in [0.25, 0.3) is 0 Å². The first-order valence-corrected chi connectivity index (χ1v) is 10.8. The van der Waals surface area contributed by atoms with Gasteiger partial charge in [-0.25, -0.2) is 4.79 Å². The number of hydrogen-bond donors (Lipinski definition) is 0. The molecule has 0 N–H and O–H groups in total. The van der Waals surface area contributed by atoms with E-state index in [4.69, 9.17) is 9.57 Å². The third kappa shape index (κ3) is 5.30. The Morgan fingerprint density at radius 1 is 1.16 bits per heavy atom. The normalized spacial score (nSPS) is 19.4. The number of oxime groups is 1. The molecule has 32 heavy (non-hydrogen) atoms. The molecule has 4 rings (SSSR count). The van der Waals surface area contributed by atoms with E-state index < -0.39 is 17.7 Å². The Morgan fingerprint density at radius 2 is 1.88 bits per heavy atom. The first-order valence-electron chi connectivity index (χ1n) is 10.8. The molecular formula is C22H28N6O4. The van der Waals surface area contributed by atoms with Crippen molar-refractivity contribution < 1.29 is 19.2 Å². The standard InChI is InChI=1S/C22H28N6O4/c1-22(2,3)31-19(29)14-28-24-21(23-26-28)17-13-18(25-32-17)27-11-9-16(10-12-27)20(30)15-7-5-4-6-8-15/h4-8,16-17H,9-14H2,1-3H3. The van der Waals surface area contributed by atoms with Crippen LogP contribution in [0.4, 0.5) is 0 Å². The van der Waals surface area contributed by atoms with Crippen molar-refractivity contribution in [1.82, 2.24) is 25.1 Å². The second kappa shape index (κ2) is 9.05. The van der Waals surface area contributed by atoms with Crippen LogP contribution in [0.2, 0.25) is 0 Å². The number of aromatic nitrogens is 4. The lowest BCUT2D eigenvalue weighted by atomic mass is 9.88. The second-order valence-corrected chi connectivity index (χ2v) is 9.06. The van der Waals surface area contributed by atoms with Gasteiger partial charge in [0, 0.05) is 24.6 Å². The van der Waals surface area contributed by atoms with Crippen molar-refractivity contribution >= 4 is 17.6 Å². The fraction of sp³-hybridized carbons (Fsp3) is 0.545. The zero-order valence-corrected chi connectivity index (χ0v) is 18.6. The molecule has 0 saturated carbocycles. The average Bonchev–Trinajstić information content (AvgIpc) is 3.42. The molecule has 0 bridgehead atoms. The number of rotatable bonds is 5. The fourth-order valence-electron chi connectivity index (χ4n) is 3.87. The summed E-state index contributed by atoms with van der Waals surface area (Å²) >= 11 is 0. The number of carbonyl (C=O) groups is 2. The number of carbonyl (C=O) groups excluding carboxylic acids is 2. The zero-order valence-electron chi connectivity index (χ0n) is 18.6. The van der Waals surface area contributed by atoms with Crippen LogP contribution in [0.15, 0.2) is 35.5 Å². The van der Waals surface area contributed by atoms with E-state index in [1.807, 2.05) is 30.3 Å². The maximum Gasteiger partial charge on any atom is 0.330 e. The van der Waals surface area contributed by atoms with Crippen molar-refractivity contribution in [2.75, 3.05) is 13.1 Å². The SMILES string of the molecule is CC(C)(C)OC(=O)Cn1nnc(C2CC(N3CCC(C(=O)c4ccccc4)CC3)=NO2)n1. The minimum atomic E-state index is -0.572. The third-order valence-electron chi connectivity index (χ3n) is 5.39. The van der Waals surface area contributed by atoms with Gasteiger partial charge in [-0.1, -0.05) is 35.5 Å². The molecule has 2 aromatic rings. The van der Waals surface area contributed by atoms with E-state index in [1.165, 1.54) is 4.80 Å². The van der Waals surface area contributed by atoms with Gasteiger partial charge in [0.2, 0.25) is 5.82 Å². The monoisotopic (exact) mass is 440 g/mol. The average molecular weight is 441 g/mol. The molecule has 1 unspecified atom stereocenters. The smallest absolute Gasteiger partial charge is 0.330 e. The van der Waals surface area contributed by atoms with Crippen LogP contribution in [-0.4, -0.2) is 61.4 Å². The predicted octanol–water partition coefficient (Wildman–Crippen LogP) is 2.38. The number of piperidine rings is 1. The number of esters is 1. The Hall–Kier alpha value is -3.30. The molecule has 0 amide bonds. The highest BCUT2D eigenvalue weighted by Crippen LogP contribution is 2.29. The van der Waals surface area contributed by atoms with Crippen LogP contribution >= 0.6 is 0 Å². The molecule has 2 aliphatic rings. The van der Waals surface area contributed by atoms with Crippen LogP contribution in [0, 0.1) is 5.92 Å². The van der Waals surface area contributed by atoms with Gasteiger partial charge in [-0.3, -0.25) is 4.79 Å². The van der Waals surface area contributed by atoms with E-state index in [-0.39, 0.29) is 18.2 Å². The molecule has 1 fully saturated rings. The summed E-state index contributed by atoms with van der Waals surface area (Å²) in [5.41, 5.74) is 0.199. The van der Waals surface area contributed by atoms with Gasteiger partial charge in [0.05, 0.1) is 6.42 Å². The van der Waals surface area contributed by atoms with E-state index in [0.717, 1.165) is 37.3 Å². The van der Waals surface area contributed by atoms with Crippen LogP contribution in [0.3, 0.4) is 0 Å². The van der Waals surface area contributed by atoms with Crippen molar-refractivity contribution in [3.05, 3.63) is 41.7 Å². The largest absolute Gasteiger partial charge is 0.459 e. The van der Waals surface area contributed by atoms with Crippen molar-refractivity contribution in [3.8, 4) is 0 Å². The fourth-order valence-corrected chi connectivity index (χ4v) is 3.87. The number of ether oxygens (including phenoxy) is 1. The van der Waals surface area contributed by atoms with E-state index in [1.54, 1.807) is 20.8 Å². The van der Waals surface area contributed by atoms with Gasteiger partial charge in [0.15, 0.2) is 18.4 Å². The quantitative estimate of drug-likeness (QED) is 0.515. The Bertz CT molecular complexity index is 989. The number of ketones is 1. The Kier molecular flexibility index (Phi) is 6.20. The predicted molar refractivity (Wildman–Crippen MR) is 115 cm³/mol. The summed E-state index contributed by atoms with van der Waals surface area (Å²) in [5.74, 6) is 1.00. The van der Waals surface area contributed by atoms with Crippen molar-refractivity contribution in [2.45, 2.75) is 58.3 Å². The topological polar surface area (TPSA) is 112 Å². The molecular weight excluding hydrogens is 412 g/mol. The molecule has 1 atom stereocenters. The number of likely N-dealkylation sites (tertiary alicyclic amines) is 1. The first kappa shape index (κ1) is 21.9. The lowest BCUT2D eigenvalue weighted by Crippen LogP contribution is -2.39. The lowest BCUT2D eigenvalue weighted by molar-refractivity contribution is -0.156. The number of Topliss-reactive ketones (excluding diaryl/α,β-unsaturated/α-hetero) is 1. The van der Waals surface area contributed by atoms with Crippen LogP contribution in [0.1, 0.15) is 62.3 Å². The molecule has 0 radical (unpaired) electrons. The molecule has 3 heterocycles. The van der Waals surface area contributed by atoms with Gasteiger partial charge in [0.25, 0.3) is 0 Å². The number of amidine groups is 1. The highest BCUT2D eigenvalue weighted by molar-refractivity contribution is 5.98. The van der Waals surface area contributed by atoms with Gasteiger partial charge in [-0.05, 0) is 38.8 Å². The van der Waals surface area contributed by atoms with Crippen molar-refractivity contribution in [3.63, 3.8) is 0 Å². The summed E-state index contributed by atoms with van der Waals surface area (Å²) in [6, 6.07) is 9.45. The number of benzene rings is 1. The molecule has 0 spiro atoms. The molecule has 2 aliphatic heterocycles. The van der Waals surface area contributed by atoms with E-state index in [0.29, 0.717) is 12.2 Å². The van der Waals surface area contributed by atoms with Crippen LogP contribution in [0.5, 0.6) is 0 Å². The minimum absolute atomic E-state index is 0.0294. The maximum absolute atomic E-state index is 12.7. The van der Waals surface area contributed by atoms with Gasteiger partial charge in [-0.2, -0.15) is 4.80 Å². The Balaban J connectivity index is 1.27. The van der Waals surface area contributed by atoms with Crippen molar-refractivity contribution in [2.24, 2.45) is 11.1 Å². The van der Waals surface area contributed by atoms with Crippen LogP contribution in [-0.2, 0) is 20.9 Å². The molecule has 1 aromatic heterocycles. The molecule has 170 valence electrons. The van der Waals surface area contributed by atoms with Gasteiger partial charge in [0.1, 0.15) is 11.4 Å². The van der Waals surface area contributed by atoms with E-state index in [2.05, 4.69) is 25.5 Å². The summed E-state index contributed by atoms with van der Waals surface area (Å²) in [5, 5.41) is 16.4. The maximum atomic E-state index is 12.7. The number of nitrogens with zero attached hydrogens (tertiary/aromatic N) is 6. The lowest BCUT2D eigenvalue weighted by Gasteiger charge is -2.32. The van der Waals surface area contributed by atoms with Crippen molar-refractivity contribution in [1.29, 1.82) is 0 Å². The molecule has 0 aliphatic carbocycles. The first-order chi connectivity index (χ1) is 15.3. The number of tetrazole rings is 1. The van der Waals surface area contributed by atoms with E-state index >= 15 is 0 Å². The highest BCUT2D eigenvalue weighted by Gasteiger charge is 2.33. The third-order valence-corrected chi connectivity index (χ3v) is 5.39. The molecule has 10 nitrogen and oxygen atoms in total. The Morgan fingerprint density at radius 3 is 2.56 bits per heavy atom. The molecule has 1 saturated heterocycles.